The van der Waals surface area contributed by atoms with Crippen molar-refractivity contribution in [2.24, 2.45) is 5.92 Å². The van der Waals surface area contributed by atoms with Gasteiger partial charge in [-0.2, -0.15) is 0 Å². The second-order valence-electron chi connectivity index (χ2n) is 6.68. The highest BCUT2D eigenvalue weighted by Crippen LogP contribution is 2.40. The third-order valence-corrected chi connectivity index (χ3v) is 5.89. The quantitative estimate of drug-likeness (QED) is 0.609. The molecule has 27 heavy (non-hydrogen) atoms. The summed E-state index contributed by atoms with van der Waals surface area (Å²) < 4.78 is 5.08. The largest absolute Gasteiger partial charge is 0.462 e. The van der Waals surface area contributed by atoms with E-state index in [2.05, 4.69) is 22.2 Å². The minimum Gasteiger partial charge on any atom is -0.462 e. The molecule has 0 saturated heterocycles. The lowest BCUT2D eigenvalue weighted by molar-refractivity contribution is 0.0526. The molecule has 1 aromatic carbocycles. The normalized spacial score (nSPS) is 15.7. The van der Waals surface area contributed by atoms with E-state index in [-0.39, 0.29) is 18.4 Å². The van der Waals surface area contributed by atoms with Crippen LogP contribution in [0.5, 0.6) is 0 Å². The fourth-order valence-electron chi connectivity index (χ4n) is 3.44. The summed E-state index contributed by atoms with van der Waals surface area (Å²) >= 11 is 1.78. The molecule has 7 heteroatoms. The Kier molecular flexibility index (Phi) is 5.97. The maximum absolute atomic E-state index is 12.0. The van der Waals surface area contributed by atoms with Crippen LogP contribution in [0.25, 0.3) is 10.2 Å². The van der Waals surface area contributed by atoms with E-state index in [0.29, 0.717) is 12.2 Å². The number of aromatic nitrogens is 2. The topological polar surface area (TPSA) is 64.1 Å². The number of halogens is 1. The van der Waals surface area contributed by atoms with Crippen LogP contribution in [-0.4, -0.2) is 22.5 Å². The third-order valence-electron chi connectivity index (χ3n) is 4.73. The summed E-state index contributed by atoms with van der Waals surface area (Å²) in [5.74, 6) is 1.22. The number of hydrogen-bond donors (Lipinski definition) is 1. The lowest BCUT2D eigenvalue weighted by Gasteiger charge is -2.18. The summed E-state index contributed by atoms with van der Waals surface area (Å²) in [6, 6.07) is 7.33. The zero-order chi connectivity index (χ0) is 18.1. The van der Waals surface area contributed by atoms with Gasteiger partial charge in [0.2, 0.25) is 0 Å². The Morgan fingerprint density at radius 2 is 2.22 bits per heavy atom. The summed E-state index contributed by atoms with van der Waals surface area (Å²) in [6.07, 6.45) is 4.99. The minimum atomic E-state index is -0.314. The Hall–Kier alpha value is -2.18. The fourth-order valence-corrected chi connectivity index (χ4v) is 4.80. The Labute approximate surface area is 168 Å². The zero-order valence-electron chi connectivity index (χ0n) is 15.3. The van der Waals surface area contributed by atoms with E-state index in [1.807, 2.05) is 12.1 Å². The molecule has 0 bridgehead atoms. The zero-order valence-corrected chi connectivity index (χ0v) is 17.0. The van der Waals surface area contributed by atoms with Gasteiger partial charge in [0.05, 0.1) is 17.6 Å². The SMILES string of the molecule is CCOC(=O)c1cccc(Nc2ncnc3sc4c(c23)CCC(C)C4)c1.Cl. The molecule has 1 aliphatic rings. The van der Waals surface area contributed by atoms with Crippen LogP contribution in [0.2, 0.25) is 0 Å². The first-order chi connectivity index (χ1) is 12.7. The van der Waals surface area contributed by atoms with E-state index >= 15 is 0 Å². The van der Waals surface area contributed by atoms with Crippen molar-refractivity contribution in [3.8, 4) is 0 Å². The third kappa shape index (κ3) is 3.92. The number of fused-ring (bicyclic) bond motifs is 3. The minimum absolute atomic E-state index is 0. The van der Waals surface area contributed by atoms with Crippen molar-refractivity contribution in [1.29, 1.82) is 0 Å². The molecule has 0 radical (unpaired) electrons. The van der Waals surface area contributed by atoms with Crippen molar-refractivity contribution in [3.63, 3.8) is 0 Å². The summed E-state index contributed by atoms with van der Waals surface area (Å²) in [5.41, 5.74) is 2.73. The van der Waals surface area contributed by atoms with E-state index in [1.54, 1.807) is 36.7 Å². The van der Waals surface area contributed by atoms with Crippen LogP contribution < -0.4 is 5.32 Å². The molecular formula is C20H22ClN3O2S. The number of benzene rings is 1. The molecule has 2 heterocycles. The summed E-state index contributed by atoms with van der Waals surface area (Å²) in [4.78, 5) is 23.4. The predicted molar refractivity (Wildman–Crippen MR) is 112 cm³/mol. The van der Waals surface area contributed by atoms with E-state index in [9.17, 15) is 4.79 Å². The van der Waals surface area contributed by atoms with Crippen molar-refractivity contribution in [2.75, 3.05) is 11.9 Å². The number of carbonyl (C=O) groups excluding carboxylic acids is 1. The average Bonchev–Trinajstić information content (AvgIpc) is 3.00. The molecule has 4 rings (SSSR count). The van der Waals surface area contributed by atoms with Crippen LogP contribution in [0.3, 0.4) is 0 Å². The van der Waals surface area contributed by atoms with Gasteiger partial charge in [0, 0.05) is 10.6 Å². The molecule has 1 unspecified atom stereocenters. The van der Waals surface area contributed by atoms with E-state index in [0.717, 1.165) is 40.5 Å². The monoisotopic (exact) mass is 403 g/mol. The van der Waals surface area contributed by atoms with Gasteiger partial charge in [-0.25, -0.2) is 14.8 Å². The van der Waals surface area contributed by atoms with E-state index in [4.69, 9.17) is 4.74 Å². The molecule has 142 valence electrons. The first kappa shape index (κ1) is 19.6. The summed E-state index contributed by atoms with van der Waals surface area (Å²) in [5, 5.41) is 4.51. The van der Waals surface area contributed by atoms with Crippen molar-refractivity contribution in [1.82, 2.24) is 9.97 Å². The molecule has 0 saturated carbocycles. The molecule has 3 aromatic rings. The summed E-state index contributed by atoms with van der Waals surface area (Å²) in [7, 11) is 0. The number of esters is 1. The van der Waals surface area contributed by atoms with Crippen LogP contribution in [0, 0.1) is 5.92 Å². The van der Waals surface area contributed by atoms with Gasteiger partial charge in [-0.3, -0.25) is 0 Å². The molecule has 2 aromatic heterocycles. The maximum atomic E-state index is 12.0. The van der Waals surface area contributed by atoms with Crippen LogP contribution in [-0.2, 0) is 17.6 Å². The number of nitrogens with zero attached hydrogens (tertiary/aromatic N) is 2. The number of hydrogen-bond acceptors (Lipinski definition) is 6. The highest BCUT2D eigenvalue weighted by Gasteiger charge is 2.23. The highest BCUT2D eigenvalue weighted by molar-refractivity contribution is 7.19. The van der Waals surface area contributed by atoms with Gasteiger partial charge >= 0.3 is 5.97 Å². The molecule has 5 nitrogen and oxygen atoms in total. The Bertz CT molecular complexity index is 973. The lowest BCUT2D eigenvalue weighted by atomic mass is 9.89. The van der Waals surface area contributed by atoms with Gasteiger partial charge in [0.15, 0.2) is 0 Å². The average molecular weight is 404 g/mol. The van der Waals surface area contributed by atoms with Gasteiger partial charge in [-0.05, 0) is 55.9 Å². The molecular weight excluding hydrogens is 382 g/mol. The van der Waals surface area contributed by atoms with E-state index in [1.165, 1.54) is 16.9 Å². The standard InChI is InChI=1S/C20H21N3O2S.ClH/c1-3-25-20(24)13-5-4-6-14(10-13)23-18-17-15-8-7-12(2)9-16(15)26-19(17)22-11-21-18;/h4-6,10-12H,3,7-9H2,1-2H3,(H,21,22,23);1H. The number of thiophene rings is 1. The highest BCUT2D eigenvalue weighted by atomic mass is 35.5. The molecule has 0 spiro atoms. The molecule has 1 atom stereocenters. The first-order valence-electron chi connectivity index (χ1n) is 8.95. The van der Waals surface area contributed by atoms with Gasteiger partial charge in [0.1, 0.15) is 17.0 Å². The Balaban J connectivity index is 0.00000210. The number of carbonyl (C=O) groups is 1. The van der Waals surface area contributed by atoms with Crippen LogP contribution in [0.1, 0.15) is 41.1 Å². The second-order valence-corrected chi connectivity index (χ2v) is 7.76. The van der Waals surface area contributed by atoms with Crippen molar-refractivity contribution < 1.29 is 9.53 Å². The van der Waals surface area contributed by atoms with E-state index < -0.39 is 0 Å². The number of anilines is 2. The Morgan fingerprint density at radius 1 is 1.37 bits per heavy atom. The van der Waals surface area contributed by atoms with Gasteiger partial charge in [0.25, 0.3) is 0 Å². The van der Waals surface area contributed by atoms with Crippen LogP contribution >= 0.6 is 23.7 Å². The summed E-state index contributed by atoms with van der Waals surface area (Å²) in [6.45, 7) is 4.47. The number of aryl methyl sites for hydroxylation is 1. The van der Waals surface area contributed by atoms with Crippen LogP contribution in [0.4, 0.5) is 11.5 Å². The fraction of sp³-hybridized carbons (Fsp3) is 0.350. The number of rotatable bonds is 4. The number of ether oxygens (including phenoxy) is 1. The van der Waals surface area contributed by atoms with Crippen LogP contribution in [0.15, 0.2) is 30.6 Å². The van der Waals surface area contributed by atoms with Gasteiger partial charge in [-0.15, -0.1) is 23.7 Å². The van der Waals surface area contributed by atoms with Gasteiger partial charge in [-0.1, -0.05) is 13.0 Å². The van der Waals surface area contributed by atoms with Gasteiger partial charge < -0.3 is 10.1 Å². The predicted octanol–water partition coefficient (Wildman–Crippen LogP) is 5.16. The lowest BCUT2D eigenvalue weighted by Crippen LogP contribution is -2.09. The van der Waals surface area contributed by atoms with Crippen molar-refractivity contribution in [2.45, 2.75) is 33.1 Å². The van der Waals surface area contributed by atoms with Crippen molar-refractivity contribution >= 4 is 51.4 Å². The molecule has 0 fully saturated rings. The molecule has 1 N–H and O–H groups in total. The second kappa shape index (κ2) is 8.23. The molecule has 1 aliphatic carbocycles. The first-order valence-corrected chi connectivity index (χ1v) is 9.76. The van der Waals surface area contributed by atoms with Crippen molar-refractivity contribution in [3.05, 3.63) is 46.6 Å². The number of nitrogens with one attached hydrogen (secondary N) is 1. The molecule has 0 aliphatic heterocycles. The maximum Gasteiger partial charge on any atom is 0.338 e. The Morgan fingerprint density at radius 3 is 3.04 bits per heavy atom. The smallest absolute Gasteiger partial charge is 0.338 e. The molecule has 0 amide bonds.